The average molecular weight is 265 g/mol. The maximum absolute atomic E-state index is 3.18. The summed E-state index contributed by atoms with van der Waals surface area (Å²) in [6.45, 7) is 4.37. The lowest BCUT2D eigenvalue weighted by Crippen LogP contribution is -2.04. The van der Waals surface area contributed by atoms with Gasteiger partial charge in [-0.3, -0.25) is 0 Å². The summed E-state index contributed by atoms with van der Waals surface area (Å²) in [4.78, 5) is 0. The fourth-order valence-electron chi connectivity index (χ4n) is 2.68. The van der Waals surface area contributed by atoms with Crippen molar-refractivity contribution in [1.29, 1.82) is 0 Å². The molecule has 1 heteroatoms. The molecule has 104 valence electrons. The highest BCUT2D eigenvalue weighted by Crippen LogP contribution is 2.33. The Labute approximate surface area is 122 Å². The highest BCUT2D eigenvalue weighted by molar-refractivity contribution is 5.48. The predicted octanol–water partition coefficient (Wildman–Crippen LogP) is 5.22. The maximum Gasteiger partial charge on any atom is 0.0337 e. The first-order valence-corrected chi connectivity index (χ1v) is 7.27. The van der Waals surface area contributed by atoms with Gasteiger partial charge in [0.05, 0.1) is 0 Å². The normalized spacial score (nSPS) is 13.1. The Morgan fingerprint density at radius 1 is 1.00 bits per heavy atom. The SMILES string of the molecule is C/C=C(\CC)C(c1ccccc1)c1ccc(NC)cc1. The molecule has 0 bridgehead atoms. The lowest BCUT2D eigenvalue weighted by molar-refractivity contribution is 0.876. The zero-order chi connectivity index (χ0) is 14.4. The molecule has 0 aromatic heterocycles. The van der Waals surface area contributed by atoms with Gasteiger partial charge in [-0.15, -0.1) is 0 Å². The van der Waals surface area contributed by atoms with E-state index in [1.165, 1.54) is 16.7 Å². The second-order valence-electron chi connectivity index (χ2n) is 4.93. The van der Waals surface area contributed by atoms with Crippen LogP contribution in [0.1, 0.15) is 37.3 Å². The number of benzene rings is 2. The van der Waals surface area contributed by atoms with Gasteiger partial charge in [0.1, 0.15) is 0 Å². The van der Waals surface area contributed by atoms with Gasteiger partial charge >= 0.3 is 0 Å². The molecule has 0 aliphatic rings. The number of rotatable bonds is 5. The summed E-state index contributed by atoms with van der Waals surface area (Å²) in [5.74, 6) is 0.358. The van der Waals surface area contributed by atoms with Crippen molar-refractivity contribution >= 4 is 5.69 Å². The van der Waals surface area contributed by atoms with Crippen LogP contribution in [0.5, 0.6) is 0 Å². The van der Waals surface area contributed by atoms with Crippen molar-refractivity contribution in [2.45, 2.75) is 26.2 Å². The summed E-state index contributed by atoms with van der Waals surface area (Å²) in [5, 5.41) is 3.18. The molecule has 20 heavy (non-hydrogen) atoms. The average Bonchev–Trinajstić information content (AvgIpc) is 2.53. The van der Waals surface area contributed by atoms with E-state index in [4.69, 9.17) is 0 Å². The van der Waals surface area contributed by atoms with Gasteiger partial charge in [0.15, 0.2) is 0 Å². The van der Waals surface area contributed by atoms with E-state index < -0.39 is 0 Å². The van der Waals surface area contributed by atoms with Crippen molar-refractivity contribution in [1.82, 2.24) is 0 Å². The largest absolute Gasteiger partial charge is 0.388 e. The topological polar surface area (TPSA) is 12.0 Å². The van der Waals surface area contributed by atoms with E-state index in [9.17, 15) is 0 Å². The highest BCUT2D eigenvalue weighted by Gasteiger charge is 2.17. The zero-order valence-electron chi connectivity index (χ0n) is 12.6. The molecule has 1 unspecified atom stereocenters. The predicted molar refractivity (Wildman–Crippen MR) is 88.3 cm³/mol. The van der Waals surface area contributed by atoms with Crippen LogP contribution in [-0.4, -0.2) is 7.05 Å². The Balaban J connectivity index is 2.45. The third-order valence-electron chi connectivity index (χ3n) is 3.82. The van der Waals surface area contributed by atoms with Gasteiger partial charge in [0.2, 0.25) is 0 Å². The van der Waals surface area contributed by atoms with Crippen LogP contribution >= 0.6 is 0 Å². The van der Waals surface area contributed by atoms with Crippen LogP contribution in [0.15, 0.2) is 66.2 Å². The van der Waals surface area contributed by atoms with E-state index in [-0.39, 0.29) is 0 Å². The van der Waals surface area contributed by atoms with Gasteiger partial charge in [-0.1, -0.05) is 61.0 Å². The molecule has 0 spiro atoms. The minimum absolute atomic E-state index is 0.358. The molecule has 2 aromatic rings. The fourth-order valence-corrected chi connectivity index (χ4v) is 2.68. The van der Waals surface area contributed by atoms with Crippen LogP contribution in [0, 0.1) is 0 Å². The van der Waals surface area contributed by atoms with Crippen molar-refractivity contribution in [3.05, 3.63) is 77.4 Å². The Bertz CT molecular complexity index is 552. The summed E-state index contributed by atoms with van der Waals surface area (Å²) in [6.07, 6.45) is 3.33. The van der Waals surface area contributed by atoms with Crippen molar-refractivity contribution in [3.63, 3.8) is 0 Å². The van der Waals surface area contributed by atoms with E-state index in [2.05, 4.69) is 79.8 Å². The van der Waals surface area contributed by atoms with Gasteiger partial charge in [-0.2, -0.15) is 0 Å². The minimum Gasteiger partial charge on any atom is -0.388 e. The number of anilines is 1. The van der Waals surface area contributed by atoms with Gasteiger partial charge in [-0.05, 0) is 36.6 Å². The number of nitrogens with one attached hydrogen (secondary N) is 1. The third kappa shape index (κ3) is 3.11. The van der Waals surface area contributed by atoms with E-state index >= 15 is 0 Å². The quantitative estimate of drug-likeness (QED) is 0.731. The molecule has 0 heterocycles. The van der Waals surface area contributed by atoms with Crippen LogP contribution in [0.2, 0.25) is 0 Å². The van der Waals surface area contributed by atoms with Gasteiger partial charge < -0.3 is 5.32 Å². The number of hydrogen-bond acceptors (Lipinski definition) is 1. The van der Waals surface area contributed by atoms with Crippen LogP contribution in [-0.2, 0) is 0 Å². The molecular weight excluding hydrogens is 242 g/mol. The molecule has 0 amide bonds. The highest BCUT2D eigenvalue weighted by atomic mass is 14.8. The Morgan fingerprint density at radius 2 is 1.60 bits per heavy atom. The molecule has 1 N–H and O–H groups in total. The summed E-state index contributed by atoms with van der Waals surface area (Å²) in [7, 11) is 1.95. The van der Waals surface area contributed by atoms with E-state index in [0.29, 0.717) is 5.92 Å². The maximum atomic E-state index is 3.18. The first kappa shape index (κ1) is 14.4. The Morgan fingerprint density at radius 3 is 2.10 bits per heavy atom. The third-order valence-corrected chi connectivity index (χ3v) is 3.82. The molecule has 2 aromatic carbocycles. The number of hydrogen-bond donors (Lipinski definition) is 1. The van der Waals surface area contributed by atoms with Crippen LogP contribution in [0.4, 0.5) is 5.69 Å². The van der Waals surface area contributed by atoms with Gasteiger partial charge in [0, 0.05) is 18.7 Å². The second kappa shape index (κ2) is 6.95. The van der Waals surface area contributed by atoms with E-state index in [1.807, 2.05) is 7.05 Å². The first-order valence-electron chi connectivity index (χ1n) is 7.27. The molecule has 0 aliphatic carbocycles. The zero-order valence-corrected chi connectivity index (χ0v) is 12.6. The Kier molecular flexibility index (Phi) is 5.00. The second-order valence-corrected chi connectivity index (χ2v) is 4.93. The Hall–Kier alpha value is -2.02. The molecule has 0 fully saturated rings. The summed E-state index contributed by atoms with van der Waals surface area (Å²) in [5.41, 5.74) is 5.33. The van der Waals surface area contributed by atoms with Crippen LogP contribution in [0.3, 0.4) is 0 Å². The van der Waals surface area contributed by atoms with Gasteiger partial charge in [0.25, 0.3) is 0 Å². The van der Waals surface area contributed by atoms with Crippen LogP contribution < -0.4 is 5.32 Å². The fraction of sp³-hybridized carbons (Fsp3) is 0.263. The van der Waals surface area contributed by atoms with Crippen molar-refractivity contribution in [3.8, 4) is 0 Å². The molecule has 1 atom stereocenters. The first-order chi connectivity index (χ1) is 9.80. The lowest BCUT2D eigenvalue weighted by atomic mass is 9.83. The van der Waals surface area contributed by atoms with E-state index in [1.54, 1.807) is 0 Å². The molecule has 0 saturated carbocycles. The van der Waals surface area contributed by atoms with Crippen molar-refractivity contribution in [2.24, 2.45) is 0 Å². The van der Waals surface area contributed by atoms with Crippen molar-refractivity contribution in [2.75, 3.05) is 12.4 Å². The molecular formula is C19H23N. The number of allylic oxidation sites excluding steroid dienone is 2. The molecule has 0 aliphatic heterocycles. The molecule has 0 radical (unpaired) electrons. The van der Waals surface area contributed by atoms with Gasteiger partial charge in [-0.25, -0.2) is 0 Å². The smallest absolute Gasteiger partial charge is 0.0337 e. The monoisotopic (exact) mass is 265 g/mol. The molecule has 2 rings (SSSR count). The van der Waals surface area contributed by atoms with Crippen molar-refractivity contribution < 1.29 is 0 Å². The molecule has 1 nitrogen and oxygen atoms in total. The van der Waals surface area contributed by atoms with Crippen LogP contribution in [0.25, 0.3) is 0 Å². The summed E-state index contributed by atoms with van der Waals surface area (Å²) in [6, 6.07) is 19.5. The minimum atomic E-state index is 0.358. The standard InChI is InChI=1S/C19H23N/c1-4-15(5-2)19(16-9-7-6-8-10-16)17-11-13-18(20-3)14-12-17/h4,6-14,19-20H,5H2,1-3H3/b15-4+. The molecule has 0 saturated heterocycles. The lowest BCUT2D eigenvalue weighted by Gasteiger charge is -2.21. The summed E-state index contributed by atoms with van der Waals surface area (Å²) >= 11 is 0. The van der Waals surface area contributed by atoms with E-state index in [0.717, 1.165) is 12.1 Å². The summed E-state index contributed by atoms with van der Waals surface area (Å²) < 4.78 is 0.